The van der Waals surface area contributed by atoms with Crippen molar-refractivity contribution in [3.8, 4) is 33.8 Å². The maximum absolute atomic E-state index is 7.41. The molecule has 0 radical (unpaired) electrons. The SMILES string of the molecule is [C-]#[N+]c1ccccc1-c1cnc(-c2ccccc2)c(-c2ccccc2)n1. The minimum absolute atomic E-state index is 0.577. The van der Waals surface area contributed by atoms with Crippen molar-refractivity contribution in [1.82, 2.24) is 9.97 Å². The molecular weight excluding hydrogens is 318 g/mol. The Morgan fingerprint density at radius 2 is 1.23 bits per heavy atom. The Morgan fingerprint density at radius 1 is 0.654 bits per heavy atom. The first-order valence-corrected chi connectivity index (χ1v) is 8.31. The molecule has 4 rings (SSSR count). The second-order valence-corrected chi connectivity index (χ2v) is 5.81. The monoisotopic (exact) mass is 333 g/mol. The number of benzene rings is 3. The van der Waals surface area contributed by atoms with Crippen molar-refractivity contribution in [2.24, 2.45) is 0 Å². The summed E-state index contributed by atoms with van der Waals surface area (Å²) in [6.07, 6.45) is 1.75. The van der Waals surface area contributed by atoms with Crippen LogP contribution >= 0.6 is 0 Å². The summed E-state index contributed by atoms with van der Waals surface area (Å²) in [4.78, 5) is 13.2. The molecule has 0 saturated carbocycles. The van der Waals surface area contributed by atoms with Gasteiger partial charge in [0.15, 0.2) is 5.69 Å². The first-order valence-electron chi connectivity index (χ1n) is 8.31. The lowest BCUT2D eigenvalue weighted by molar-refractivity contribution is 1.21. The van der Waals surface area contributed by atoms with Crippen LogP contribution in [0.2, 0.25) is 0 Å². The molecule has 122 valence electrons. The molecule has 0 aliphatic heterocycles. The molecule has 0 aliphatic carbocycles. The van der Waals surface area contributed by atoms with Crippen LogP contribution in [-0.2, 0) is 0 Å². The molecular formula is C23H15N3. The molecule has 0 aliphatic rings. The summed E-state index contributed by atoms with van der Waals surface area (Å²) in [5.74, 6) is 0. The number of aromatic nitrogens is 2. The van der Waals surface area contributed by atoms with Crippen LogP contribution in [0.1, 0.15) is 0 Å². The number of para-hydroxylation sites is 1. The van der Waals surface area contributed by atoms with Gasteiger partial charge in [-0.1, -0.05) is 84.9 Å². The summed E-state index contributed by atoms with van der Waals surface area (Å²) in [6, 6.07) is 27.6. The minimum atomic E-state index is 0.577. The second-order valence-electron chi connectivity index (χ2n) is 5.81. The molecule has 0 amide bonds. The fourth-order valence-electron chi connectivity index (χ4n) is 2.91. The Hall–Kier alpha value is -3.77. The maximum Gasteiger partial charge on any atom is 0.196 e. The van der Waals surface area contributed by atoms with E-state index in [1.807, 2.05) is 78.9 Å². The Morgan fingerprint density at radius 3 is 1.88 bits per heavy atom. The maximum atomic E-state index is 7.41. The van der Waals surface area contributed by atoms with Crippen LogP contribution in [-0.4, -0.2) is 9.97 Å². The minimum Gasteiger partial charge on any atom is -0.252 e. The van der Waals surface area contributed by atoms with Gasteiger partial charge in [0.25, 0.3) is 0 Å². The molecule has 0 N–H and O–H groups in total. The van der Waals surface area contributed by atoms with E-state index in [2.05, 4.69) is 4.85 Å². The number of hydrogen-bond acceptors (Lipinski definition) is 2. The van der Waals surface area contributed by atoms with Crippen molar-refractivity contribution < 1.29 is 0 Å². The van der Waals surface area contributed by atoms with E-state index >= 15 is 0 Å². The van der Waals surface area contributed by atoms with E-state index in [1.54, 1.807) is 12.3 Å². The lowest BCUT2D eigenvalue weighted by atomic mass is 10.0. The third-order valence-electron chi connectivity index (χ3n) is 4.17. The van der Waals surface area contributed by atoms with E-state index in [0.29, 0.717) is 11.4 Å². The van der Waals surface area contributed by atoms with Crippen molar-refractivity contribution >= 4 is 5.69 Å². The second kappa shape index (κ2) is 7.00. The number of hydrogen-bond donors (Lipinski definition) is 0. The molecule has 1 aromatic heterocycles. The molecule has 0 spiro atoms. The zero-order valence-corrected chi connectivity index (χ0v) is 14.0. The Balaban J connectivity index is 1.95. The highest BCUT2D eigenvalue weighted by Crippen LogP contribution is 2.33. The summed E-state index contributed by atoms with van der Waals surface area (Å²) in [5, 5.41) is 0. The van der Waals surface area contributed by atoms with E-state index in [1.165, 1.54) is 0 Å². The fourth-order valence-corrected chi connectivity index (χ4v) is 2.91. The number of rotatable bonds is 3. The van der Waals surface area contributed by atoms with Gasteiger partial charge in [0.05, 0.1) is 29.9 Å². The molecule has 4 aromatic rings. The highest BCUT2D eigenvalue weighted by molar-refractivity contribution is 5.82. The smallest absolute Gasteiger partial charge is 0.196 e. The fraction of sp³-hybridized carbons (Fsp3) is 0. The van der Waals surface area contributed by atoms with Gasteiger partial charge in [-0.2, -0.15) is 0 Å². The molecule has 26 heavy (non-hydrogen) atoms. The van der Waals surface area contributed by atoms with Crippen molar-refractivity contribution in [2.45, 2.75) is 0 Å². The van der Waals surface area contributed by atoms with Gasteiger partial charge in [0, 0.05) is 16.7 Å². The molecule has 3 nitrogen and oxygen atoms in total. The van der Waals surface area contributed by atoms with Crippen molar-refractivity contribution in [1.29, 1.82) is 0 Å². The van der Waals surface area contributed by atoms with Gasteiger partial charge in [-0.05, 0) is 0 Å². The van der Waals surface area contributed by atoms with Crippen LogP contribution < -0.4 is 0 Å². The zero-order valence-electron chi connectivity index (χ0n) is 14.0. The summed E-state index contributed by atoms with van der Waals surface area (Å²) in [5.41, 5.74) is 5.75. The van der Waals surface area contributed by atoms with Crippen molar-refractivity contribution in [3.63, 3.8) is 0 Å². The molecule has 3 aromatic carbocycles. The Labute approximate surface area is 152 Å². The highest BCUT2D eigenvalue weighted by atomic mass is 14.8. The van der Waals surface area contributed by atoms with Crippen LogP contribution in [0.5, 0.6) is 0 Å². The van der Waals surface area contributed by atoms with Crippen LogP contribution in [0.4, 0.5) is 5.69 Å². The van der Waals surface area contributed by atoms with Gasteiger partial charge < -0.3 is 0 Å². The standard InChI is InChI=1S/C23H15N3/c1-24-20-15-9-8-14-19(20)21-16-25-22(17-10-4-2-5-11-17)23(26-21)18-12-6-3-7-13-18/h2-16H. The molecule has 1 heterocycles. The zero-order chi connectivity index (χ0) is 17.8. The Bertz CT molecular complexity index is 1080. The Kier molecular flexibility index (Phi) is 4.24. The van der Waals surface area contributed by atoms with Crippen molar-refractivity contribution in [2.75, 3.05) is 0 Å². The van der Waals surface area contributed by atoms with Crippen LogP contribution in [0.15, 0.2) is 91.1 Å². The molecule has 0 atom stereocenters. The van der Waals surface area contributed by atoms with E-state index in [9.17, 15) is 0 Å². The van der Waals surface area contributed by atoms with E-state index in [-0.39, 0.29) is 0 Å². The average Bonchev–Trinajstić information content (AvgIpc) is 2.74. The first kappa shape index (κ1) is 15.7. The van der Waals surface area contributed by atoms with E-state index < -0.39 is 0 Å². The van der Waals surface area contributed by atoms with Gasteiger partial charge in [0.2, 0.25) is 0 Å². The van der Waals surface area contributed by atoms with Gasteiger partial charge in [-0.15, -0.1) is 0 Å². The molecule has 0 fully saturated rings. The summed E-state index contributed by atoms with van der Waals surface area (Å²) >= 11 is 0. The first-order chi connectivity index (χ1) is 12.9. The summed E-state index contributed by atoms with van der Waals surface area (Å²) < 4.78 is 0. The van der Waals surface area contributed by atoms with Crippen LogP contribution in [0.3, 0.4) is 0 Å². The third-order valence-corrected chi connectivity index (χ3v) is 4.17. The van der Waals surface area contributed by atoms with E-state index in [0.717, 1.165) is 28.1 Å². The third kappa shape index (κ3) is 2.97. The normalized spacial score (nSPS) is 10.3. The number of nitrogens with zero attached hydrogens (tertiary/aromatic N) is 3. The van der Waals surface area contributed by atoms with Gasteiger partial charge in [-0.3, -0.25) is 4.98 Å². The predicted molar refractivity (Wildman–Crippen MR) is 105 cm³/mol. The lowest BCUT2D eigenvalue weighted by Gasteiger charge is -2.11. The van der Waals surface area contributed by atoms with Crippen LogP contribution in [0, 0.1) is 6.57 Å². The summed E-state index contributed by atoms with van der Waals surface area (Å²) in [6.45, 7) is 7.41. The predicted octanol–water partition coefficient (Wildman–Crippen LogP) is 6.03. The van der Waals surface area contributed by atoms with Gasteiger partial charge in [0.1, 0.15) is 0 Å². The van der Waals surface area contributed by atoms with Gasteiger partial charge >= 0.3 is 0 Å². The lowest BCUT2D eigenvalue weighted by Crippen LogP contribution is -1.96. The van der Waals surface area contributed by atoms with Crippen LogP contribution in [0.25, 0.3) is 38.6 Å². The average molecular weight is 333 g/mol. The molecule has 3 heteroatoms. The molecule has 0 bridgehead atoms. The quantitative estimate of drug-likeness (QED) is 0.429. The highest BCUT2D eigenvalue weighted by Gasteiger charge is 2.14. The largest absolute Gasteiger partial charge is 0.252 e. The molecule has 0 unspecified atom stereocenters. The van der Waals surface area contributed by atoms with E-state index in [4.69, 9.17) is 16.5 Å². The van der Waals surface area contributed by atoms with Crippen molar-refractivity contribution in [3.05, 3.63) is 103 Å². The van der Waals surface area contributed by atoms with Gasteiger partial charge in [-0.25, -0.2) is 9.83 Å². The topological polar surface area (TPSA) is 30.1 Å². The molecule has 0 saturated heterocycles. The summed E-state index contributed by atoms with van der Waals surface area (Å²) in [7, 11) is 0.